The molecule has 8 atom stereocenters. The van der Waals surface area contributed by atoms with E-state index in [1.54, 1.807) is 7.11 Å². The van der Waals surface area contributed by atoms with Crippen molar-refractivity contribution in [2.75, 3.05) is 13.7 Å². The smallest absolute Gasteiger partial charge is 0.192 e. The lowest BCUT2D eigenvalue weighted by molar-refractivity contribution is -0.172. The van der Waals surface area contributed by atoms with Gasteiger partial charge in [0.15, 0.2) is 22.9 Å². The van der Waals surface area contributed by atoms with Crippen LogP contribution in [0.1, 0.15) is 81.1 Å². The highest BCUT2D eigenvalue weighted by molar-refractivity contribution is 6.74. The van der Waals surface area contributed by atoms with Gasteiger partial charge in [0, 0.05) is 24.0 Å². The predicted molar refractivity (Wildman–Crippen MR) is 171 cm³/mol. The number of ether oxygens (including phenoxy) is 3. The fourth-order valence-electron chi connectivity index (χ4n) is 5.02. The molecular weight excluding hydrogens is 553 g/mol. The van der Waals surface area contributed by atoms with Crippen LogP contribution in [0.15, 0.2) is 24.3 Å². The first-order chi connectivity index (χ1) is 18.5. The van der Waals surface area contributed by atoms with E-state index in [2.05, 4.69) is 74.7 Å². The van der Waals surface area contributed by atoms with Crippen LogP contribution in [-0.2, 0) is 18.3 Å². The monoisotopic (exact) mass is 612 g/mol. The normalized spacial score (nSPS) is 25.3. The van der Waals surface area contributed by atoms with Gasteiger partial charge in [-0.3, -0.25) is 0 Å². The molecule has 0 aromatic heterocycles. The van der Waals surface area contributed by atoms with Crippen LogP contribution < -0.4 is 4.74 Å². The fraction of sp³-hybridized carbons (Fsp3) is 0.812. The van der Waals surface area contributed by atoms with Crippen molar-refractivity contribution in [3.8, 4) is 5.75 Å². The highest BCUT2D eigenvalue weighted by Gasteiger charge is 2.55. The van der Waals surface area contributed by atoms with Crippen LogP contribution in [0.2, 0.25) is 36.3 Å². The summed E-state index contributed by atoms with van der Waals surface area (Å²) < 4.78 is 32.3. The third-order valence-electron chi connectivity index (χ3n) is 9.88. The minimum absolute atomic E-state index is 0.0690. The van der Waals surface area contributed by atoms with Gasteiger partial charge < -0.3 is 33.3 Å². The maximum absolute atomic E-state index is 12.6. The van der Waals surface area contributed by atoms with Gasteiger partial charge in [-0.15, -0.1) is 0 Å². The van der Waals surface area contributed by atoms with Gasteiger partial charge in [0.1, 0.15) is 11.4 Å². The predicted octanol–water partition coefficient (Wildman–Crippen LogP) is 7.29. The van der Waals surface area contributed by atoms with Crippen LogP contribution in [0.25, 0.3) is 0 Å². The van der Waals surface area contributed by atoms with E-state index in [9.17, 15) is 10.2 Å². The molecule has 9 heteroatoms. The average molecular weight is 613 g/mol. The van der Waals surface area contributed by atoms with Crippen molar-refractivity contribution in [1.82, 2.24) is 0 Å². The second-order valence-corrected chi connectivity index (χ2v) is 24.9. The molecule has 1 saturated heterocycles. The topological polar surface area (TPSA) is 86.6 Å². The summed E-state index contributed by atoms with van der Waals surface area (Å²) in [5.74, 6) is 0.227. The molecule has 1 aliphatic rings. The summed E-state index contributed by atoms with van der Waals surface area (Å²) in [7, 11) is -3.05. The van der Waals surface area contributed by atoms with Crippen molar-refractivity contribution in [3.05, 3.63) is 29.8 Å². The molecule has 0 spiro atoms. The molecule has 1 fully saturated rings. The Morgan fingerprint density at radius 3 is 1.71 bits per heavy atom. The summed E-state index contributed by atoms with van der Waals surface area (Å²) >= 11 is 0. The molecule has 0 aliphatic carbocycles. The van der Waals surface area contributed by atoms with Gasteiger partial charge in [-0.1, -0.05) is 67.5 Å². The Morgan fingerprint density at radius 2 is 1.29 bits per heavy atom. The first-order valence-electron chi connectivity index (χ1n) is 15.1. The van der Waals surface area contributed by atoms with Crippen molar-refractivity contribution in [2.24, 2.45) is 11.8 Å². The highest BCUT2D eigenvalue weighted by atomic mass is 28.4. The molecule has 1 aromatic carbocycles. The lowest BCUT2D eigenvalue weighted by Crippen LogP contribution is -2.64. The molecular formula is C32H60O7Si2. The van der Waals surface area contributed by atoms with Gasteiger partial charge in [-0.05, 0) is 62.2 Å². The average Bonchev–Trinajstić information content (AvgIpc) is 3.25. The van der Waals surface area contributed by atoms with Crippen LogP contribution in [0.5, 0.6) is 5.75 Å². The third kappa shape index (κ3) is 8.23. The van der Waals surface area contributed by atoms with Crippen LogP contribution in [-0.4, -0.2) is 70.6 Å². The maximum atomic E-state index is 12.6. The van der Waals surface area contributed by atoms with Crippen molar-refractivity contribution < 1.29 is 33.3 Å². The molecule has 2 N–H and O–H groups in total. The Kier molecular flexibility index (Phi) is 11.6. The lowest BCUT2D eigenvalue weighted by atomic mass is 9.78. The summed E-state index contributed by atoms with van der Waals surface area (Å²) in [4.78, 5) is 0. The van der Waals surface area contributed by atoms with Gasteiger partial charge in [0.25, 0.3) is 0 Å². The van der Waals surface area contributed by atoms with Crippen molar-refractivity contribution in [2.45, 2.75) is 142 Å². The second kappa shape index (κ2) is 13.1. The van der Waals surface area contributed by atoms with Crippen molar-refractivity contribution in [1.29, 1.82) is 0 Å². The van der Waals surface area contributed by atoms with E-state index < -0.39 is 40.7 Å². The largest absolute Gasteiger partial charge is 0.497 e. The molecule has 1 aromatic rings. The van der Waals surface area contributed by atoms with Gasteiger partial charge in [-0.2, -0.15) is 0 Å². The molecule has 0 amide bonds. The molecule has 7 nitrogen and oxygen atoms in total. The number of rotatable bonds is 12. The van der Waals surface area contributed by atoms with Crippen molar-refractivity contribution >= 4 is 16.6 Å². The molecule has 1 aliphatic heterocycles. The molecule has 0 saturated carbocycles. The first-order valence-corrected chi connectivity index (χ1v) is 21.0. The summed E-state index contributed by atoms with van der Waals surface area (Å²) in [6.45, 7) is 29.7. The van der Waals surface area contributed by atoms with E-state index in [0.717, 1.165) is 11.3 Å². The number of methoxy groups -OCH3 is 1. The zero-order valence-corrected chi connectivity index (χ0v) is 30.5. The molecule has 238 valence electrons. The summed E-state index contributed by atoms with van der Waals surface area (Å²) in [5.41, 5.74) is -0.512. The van der Waals surface area contributed by atoms with Crippen molar-refractivity contribution in [3.63, 3.8) is 0 Å². The number of benzene rings is 1. The van der Waals surface area contributed by atoms with E-state index in [1.165, 1.54) is 0 Å². The number of aliphatic hydroxyl groups is 2. The fourth-order valence-corrected chi connectivity index (χ4v) is 7.92. The van der Waals surface area contributed by atoms with Crippen LogP contribution in [0.3, 0.4) is 0 Å². The minimum Gasteiger partial charge on any atom is -0.497 e. The van der Waals surface area contributed by atoms with Crippen LogP contribution >= 0.6 is 0 Å². The Labute approximate surface area is 252 Å². The second-order valence-electron chi connectivity index (χ2n) is 15.4. The first kappa shape index (κ1) is 36.4. The standard InChI is InChI=1S/C32H60O7Si2/c1-21(20-33)27(38-40(12,13)30(4,5)6)32(10,34)28(39-41(14,15)31(7,8)9)22(2)26-23(3)36-29(37-26)24-16-18-25(35-11)19-17-24/h16-19,21-23,26-29,33-34H,20H2,1-15H3/t21-,22-,23-,26-,27-,28+,29?,32+/m0/s1. The lowest BCUT2D eigenvalue weighted by Gasteiger charge is -2.52. The molecule has 1 unspecified atom stereocenters. The molecule has 2 rings (SSSR count). The zero-order valence-electron chi connectivity index (χ0n) is 28.5. The summed E-state index contributed by atoms with van der Waals surface area (Å²) in [5, 5.41) is 22.8. The van der Waals surface area contributed by atoms with Gasteiger partial charge in [0.2, 0.25) is 0 Å². The zero-order chi connectivity index (χ0) is 31.8. The molecule has 41 heavy (non-hydrogen) atoms. The summed E-state index contributed by atoms with van der Waals surface area (Å²) in [6.07, 6.45) is -2.36. The summed E-state index contributed by atoms with van der Waals surface area (Å²) in [6, 6.07) is 7.71. The van der Waals surface area contributed by atoms with Crippen LogP contribution in [0.4, 0.5) is 0 Å². The van der Waals surface area contributed by atoms with E-state index in [4.69, 9.17) is 23.1 Å². The molecule has 0 bridgehead atoms. The Hall–Kier alpha value is -0.786. The van der Waals surface area contributed by atoms with Gasteiger partial charge in [0.05, 0.1) is 31.5 Å². The van der Waals surface area contributed by atoms with Crippen LogP contribution in [0, 0.1) is 11.8 Å². The SMILES string of the molecule is COc1ccc(C2O[C@@H]([C@H](C)[C@@H](O[Si](C)(C)C(C)(C)C)[C@](C)(O)[C@@H](O[Si](C)(C)C(C)(C)C)[C@@H](C)CO)[C@H](C)O2)cc1. The van der Waals surface area contributed by atoms with E-state index >= 15 is 0 Å². The number of aliphatic hydroxyl groups excluding tert-OH is 1. The van der Waals surface area contributed by atoms with Gasteiger partial charge in [-0.25, -0.2) is 0 Å². The number of hydrogen-bond acceptors (Lipinski definition) is 7. The van der Waals surface area contributed by atoms with E-state index in [0.29, 0.717) is 0 Å². The minimum atomic E-state index is -2.37. The molecule has 0 radical (unpaired) electrons. The van der Waals surface area contributed by atoms with E-state index in [1.807, 2.05) is 45.0 Å². The molecule has 1 heterocycles. The maximum Gasteiger partial charge on any atom is 0.192 e. The number of hydrogen-bond donors (Lipinski definition) is 2. The van der Waals surface area contributed by atoms with E-state index in [-0.39, 0.29) is 40.7 Å². The Morgan fingerprint density at radius 1 is 0.829 bits per heavy atom. The Bertz CT molecular complexity index is 966. The quantitative estimate of drug-likeness (QED) is 0.240. The Balaban J connectivity index is 2.54. The van der Waals surface area contributed by atoms with Gasteiger partial charge >= 0.3 is 0 Å². The third-order valence-corrected chi connectivity index (χ3v) is 18.8. The highest BCUT2D eigenvalue weighted by Crippen LogP contribution is 2.46.